The Morgan fingerprint density at radius 2 is 2.22 bits per heavy atom. The number of anilines is 1. The highest BCUT2D eigenvalue weighted by atomic mass is 16.2. The number of hydrogen-bond acceptors (Lipinski definition) is 3. The molecule has 1 aliphatic heterocycles. The quantitative estimate of drug-likeness (QED) is 0.914. The van der Waals surface area contributed by atoms with Gasteiger partial charge in [0.15, 0.2) is 0 Å². The van der Waals surface area contributed by atoms with Crippen LogP contribution in [-0.2, 0) is 13.0 Å². The maximum Gasteiger partial charge on any atom is 0.319 e. The molecule has 1 aromatic heterocycles. The minimum Gasteiger partial charge on any atom is -0.335 e. The summed E-state index contributed by atoms with van der Waals surface area (Å²) in [6.07, 6.45) is 3.80. The molecule has 0 fully saturated rings. The van der Waals surface area contributed by atoms with Crippen molar-refractivity contribution in [3.63, 3.8) is 0 Å². The van der Waals surface area contributed by atoms with Crippen molar-refractivity contribution in [1.82, 2.24) is 14.9 Å². The first kappa shape index (κ1) is 15.5. The number of aromatic nitrogens is 2. The summed E-state index contributed by atoms with van der Waals surface area (Å²) in [6.45, 7) is 4.68. The average Bonchev–Trinajstić information content (AvgIpc) is 2.55. The maximum absolute atomic E-state index is 12.6. The van der Waals surface area contributed by atoms with E-state index in [1.165, 1.54) is 0 Å². The zero-order valence-electron chi connectivity index (χ0n) is 13.6. The molecule has 0 saturated carbocycles. The number of rotatable bonds is 3. The van der Waals surface area contributed by atoms with Crippen molar-refractivity contribution in [3.8, 4) is 0 Å². The van der Waals surface area contributed by atoms with Crippen LogP contribution in [0.2, 0.25) is 0 Å². The second kappa shape index (κ2) is 6.40. The zero-order chi connectivity index (χ0) is 16.4. The van der Waals surface area contributed by atoms with E-state index in [0.717, 1.165) is 38.1 Å². The summed E-state index contributed by atoms with van der Waals surface area (Å²) in [5.74, 6) is 0.865. The van der Waals surface area contributed by atoms with E-state index in [9.17, 15) is 9.59 Å². The van der Waals surface area contributed by atoms with Crippen molar-refractivity contribution in [2.75, 3.05) is 5.32 Å². The van der Waals surface area contributed by atoms with Crippen LogP contribution in [0.3, 0.4) is 0 Å². The monoisotopic (exact) mass is 314 g/mol. The van der Waals surface area contributed by atoms with Crippen LogP contribution in [0.25, 0.3) is 10.9 Å². The molecule has 0 bridgehead atoms. The van der Waals surface area contributed by atoms with E-state index in [4.69, 9.17) is 0 Å². The third kappa shape index (κ3) is 3.21. The lowest BCUT2D eigenvalue weighted by Gasteiger charge is -2.18. The zero-order valence-corrected chi connectivity index (χ0v) is 13.6. The van der Waals surface area contributed by atoms with Crippen LogP contribution in [0.15, 0.2) is 23.0 Å². The molecule has 2 aromatic rings. The molecule has 122 valence electrons. The standard InChI is InChI=1S/C17H22N4O2/c1-3-11(2)18-17(23)19-12-7-8-14-13(10-12)16(22)21-9-5-4-6-15(21)20-14/h7-8,10-11H,3-6,9H2,1-2H3,(H2,18,19,23)/t11-/m0/s1. The van der Waals surface area contributed by atoms with E-state index in [-0.39, 0.29) is 17.6 Å². The highest BCUT2D eigenvalue weighted by Gasteiger charge is 2.15. The van der Waals surface area contributed by atoms with Crippen molar-refractivity contribution >= 4 is 22.6 Å². The average molecular weight is 314 g/mol. The van der Waals surface area contributed by atoms with Gasteiger partial charge in [-0.3, -0.25) is 9.36 Å². The third-order valence-corrected chi connectivity index (χ3v) is 4.31. The second-order valence-electron chi connectivity index (χ2n) is 6.08. The Morgan fingerprint density at radius 1 is 1.39 bits per heavy atom. The van der Waals surface area contributed by atoms with E-state index in [1.54, 1.807) is 22.8 Å². The lowest BCUT2D eigenvalue weighted by molar-refractivity contribution is 0.249. The van der Waals surface area contributed by atoms with E-state index < -0.39 is 0 Å². The van der Waals surface area contributed by atoms with E-state index >= 15 is 0 Å². The Labute approximate surface area is 134 Å². The third-order valence-electron chi connectivity index (χ3n) is 4.31. The first-order chi connectivity index (χ1) is 11.1. The van der Waals surface area contributed by atoms with Gasteiger partial charge in [0.2, 0.25) is 0 Å². The van der Waals surface area contributed by atoms with Gasteiger partial charge in [-0.25, -0.2) is 9.78 Å². The van der Waals surface area contributed by atoms with Crippen LogP contribution in [0.1, 0.15) is 38.9 Å². The van der Waals surface area contributed by atoms with Crippen LogP contribution in [-0.4, -0.2) is 21.6 Å². The molecule has 2 heterocycles. The second-order valence-corrected chi connectivity index (χ2v) is 6.08. The van der Waals surface area contributed by atoms with Gasteiger partial charge in [-0.2, -0.15) is 0 Å². The predicted octanol–water partition coefficient (Wildman–Crippen LogP) is 2.65. The lowest BCUT2D eigenvalue weighted by atomic mass is 10.1. The molecular formula is C17H22N4O2. The van der Waals surface area contributed by atoms with Crippen LogP contribution in [0.5, 0.6) is 0 Å². The van der Waals surface area contributed by atoms with Gasteiger partial charge in [0, 0.05) is 24.7 Å². The maximum atomic E-state index is 12.6. The number of carbonyl (C=O) groups excluding carboxylic acids is 1. The van der Waals surface area contributed by atoms with E-state index in [1.807, 2.05) is 13.8 Å². The molecule has 0 radical (unpaired) electrons. The Balaban J connectivity index is 1.91. The van der Waals surface area contributed by atoms with Crippen LogP contribution in [0.4, 0.5) is 10.5 Å². The summed E-state index contributed by atoms with van der Waals surface area (Å²) in [6, 6.07) is 5.14. The van der Waals surface area contributed by atoms with Gasteiger partial charge in [-0.1, -0.05) is 6.92 Å². The van der Waals surface area contributed by atoms with Gasteiger partial charge < -0.3 is 10.6 Å². The van der Waals surface area contributed by atoms with Crippen LogP contribution in [0, 0.1) is 0 Å². The molecule has 2 N–H and O–H groups in total. The normalized spacial score (nSPS) is 15.0. The molecule has 0 aliphatic carbocycles. The molecule has 2 amide bonds. The van der Waals surface area contributed by atoms with Gasteiger partial charge in [0.1, 0.15) is 5.82 Å². The smallest absolute Gasteiger partial charge is 0.319 e. The number of aryl methyl sites for hydroxylation is 1. The number of amides is 2. The Hall–Kier alpha value is -2.37. The largest absolute Gasteiger partial charge is 0.335 e. The van der Waals surface area contributed by atoms with Gasteiger partial charge in [0.25, 0.3) is 5.56 Å². The van der Waals surface area contributed by atoms with Gasteiger partial charge in [-0.15, -0.1) is 0 Å². The number of benzene rings is 1. The van der Waals surface area contributed by atoms with Crippen LogP contribution < -0.4 is 16.2 Å². The van der Waals surface area contributed by atoms with Crippen molar-refractivity contribution in [2.24, 2.45) is 0 Å². The predicted molar refractivity (Wildman–Crippen MR) is 90.8 cm³/mol. The Morgan fingerprint density at radius 3 is 3.00 bits per heavy atom. The molecule has 3 rings (SSSR count). The van der Waals surface area contributed by atoms with Crippen molar-refractivity contribution in [2.45, 2.75) is 52.1 Å². The molecule has 0 spiro atoms. The van der Waals surface area contributed by atoms with Crippen molar-refractivity contribution < 1.29 is 4.79 Å². The fourth-order valence-electron chi connectivity index (χ4n) is 2.81. The number of fused-ring (bicyclic) bond motifs is 2. The van der Waals surface area contributed by atoms with Crippen molar-refractivity contribution in [1.29, 1.82) is 0 Å². The molecule has 1 aliphatic rings. The summed E-state index contributed by atoms with van der Waals surface area (Å²) in [7, 11) is 0. The molecule has 23 heavy (non-hydrogen) atoms. The first-order valence-electron chi connectivity index (χ1n) is 8.19. The minimum absolute atomic E-state index is 0.0179. The molecule has 6 nitrogen and oxygen atoms in total. The van der Waals surface area contributed by atoms with Crippen molar-refractivity contribution in [3.05, 3.63) is 34.4 Å². The highest BCUT2D eigenvalue weighted by molar-refractivity contribution is 5.92. The van der Waals surface area contributed by atoms with Gasteiger partial charge in [0.05, 0.1) is 10.9 Å². The minimum atomic E-state index is -0.260. The van der Waals surface area contributed by atoms with Crippen LogP contribution >= 0.6 is 0 Å². The Kier molecular flexibility index (Phi) is 4.32. The number of hydrogen-bond donors (Lipinski definition) is 2. The molecule has 0 unspecified atom stereocenters. The fraction of sp³-hybridized carbons (Fsp3) is 0.471. The number of carbonyl (C=O) groups is 1. The summed E-state index contributed by atoms with van der Waals surface area (Å²) >= 11 is 0. The fourth-order valence-corrected chi connectivity index (χ4v) is 2.81. The van der Waals surface area contributed by atoms with Gasteiger partial charge in [-0.05, 0) is 44.4 Å². The lowest BCUT2D eigenvalue weighted by Crippen LogP contribution is -2.35. The number of nitrogens with one attached hydrogen (secondary N) is 2. The topological polar surface area (TPSA) is 76.0 Å². The number of urea groups is 1. The molecule has 0 saturated heterocycles. The highest BCUT2D eigenvalue weighted by Crippen LogP contribution is 2.18. The van der Waals surface area contributed by atoms with E-state index in [0.29, 0.717) is 16.6 Å². The number of nitrogens with zero attached hydrogens (tertiary/aromatic N) is 2. The Bertz CT molecular complexity index is 797. The van der Waals surface area contributed by atoms with Gasteiger partial charge >= 0.3 is 6.03 Å². The summed E-state index contributed by atoms with van der Waals surface area (Å²) in [5, 5.41) is 6.17. The summed E-state index contributed by atoms with van der Waals surface area (Å²) in [4.78, 5) is 29.1. The SMILES string of the molecule is CC[C@H](C)NC(=O)Nc1ccc2nc3n(c(=O)c2c1)CCCC3. The molecule has 1 atom stereocenters. The first-order valence-corrected chi connectivity index (χ1v) is 8.19. The van der Waals surface area contributed by atoms with E-state index in [2.05, 4.69) is 15.6 Å². The molecule has 6 heteroatoms. The molecular weight excluding hydrogens is 292 g/mol. The summed E-state index contributed by atoms with van der Waals surface area (Å²) in [5.41, 5.74) is 1.28. The molecule has 1 aromatic carbocycles. The summed E-state index contributed by atoms with van der Waals surface area (Å²) < 4.78 is 1.76.